The molecule has 1 saturated heterocycles. The maximum Gasteiger partial charge on any atom is 0.218 e. The molecular weight excluding hydrogens is 429 g/mol. The fourth-order valence-corrected chi connectivity index (χ4v) is 8.59. The van der Waals surface area contributed by atoms with Crippen LogP contribution in [0.3, 0.4) is 0 Å². The maximum absolute atomic E-state index is 15.1. The summed E-state index contributed by atoms with van der Waals surface area (Å²) in [6, 6.07) is 12.7. The summed E-state index contributed by atoms with van der Waals surface area (Å²) in [5, 5.41) is 11.1. The lowest BCUT2D eigenvalue weighted by Crippen LogP contribution is -2.65. The molecule has 5 nitrogen and oxygen atoms in total. The largest absolute Gasteiger partial charge is 0.504 e. The molecule has 3 unspecified atom stereocenters. The van der Waals surface area contributed by atoms with Crippen molar-refractivity contribution in [2.24, 2.45) is 11.8 Å². The molecule has 0 amide bonds. The number of halogens is 1. The van der Waals surface area contributed by atoms with Gasteiger partial charge in [0, 0.05) is 23.6 Å². The first-order valence-electron chi connectivity index (χ1n) is 11.4. The Morgan fingerprint density at radius 2 is 1.94 bits per heavy atom. The van der Waals surface area contributed by atoms with Gasteiger partial charge >= 0.3 is 0 Å². The summed E-state index contributed by atoms with van der Waals surface area (Å²) >= 11 is 0. The molecule has 7 heteroatoms. The van der Waals surface area contributed by atoms with Crippen molar-refractivity contribution in [1.29, 1.82) is 0 Å². The van der Waals surface area contributed by atoms with Crippen molar-refractivity contribution in [2.45, 2.75) is 56.0 Å². The third-order valence-electron chi connectivity index (χ3n) is 8.24. The standard InChI is InChI=1S/C25H30FNO4S/c1-16-20(26)10-9-19-21-14-18-8-11-22(31-2)24(28)23(18)25(16,19)12-13-27(21)32(29,30)15-17-6-4-3-5-7-17/h3-8,11,16,19-21,28H,9-10,12-15H2,1-2H3/t16-,19?,20?,21+,25?/m1/s1. The first-order chi connectivity index (χ1) is 15.3. The Balaban J connectivity index is 1.61. The second-order valence-corrected chi connectivity index (χ2v) is 11.5. The van der Waals surface area contributed by atoms with Gasteiger partial charge in [-0.3, -0.25) is 0 Å². The molecule has 1 heterocycles. The molecule has 2 aliphatic carbocycles. The molecule has 0 aromatic heterocycles. The zero-order valence-electron chi connectivity index (χ0n) is 18.5. The molecule has 0 spiro atoms. The Hall–Kier alpha value is -2.12. The number of phenols is 1. The minimum Gasteiger partial charge on any atom is -0.504 e. The number of fused-ring (bicyclic) bond motifs is 1. The number of sulfonamides is 1. The van der Waals surface area contributed by atoms with Crippen molar-refractivity contribution in [3.63, 3.8) is 0 Å². The first-order valence-corrected chi connectivity index (χ1v) is 13.0. The molecule has 5 rings (SSSR count). The fraction of sp³-hybridized carbons (Fsp3) is 0.520. The van der Waals surface area contributed by atoms with Gasteiger partial charge in [0.2, 0.25) is 10.0 Å². The predicted molar refractivity (Wildman–Crippen MR) is 121 cm³/mol. The van der Waals surface area contributed by atoms with Crippen molar-refractivity contribution < 1.29 is 22.7 Å². The van der Waals surface area contributed by atoms with Crippen LogP contribution in [0.25, 0.3) is 0 Å². The molecule has 2 bridgehead atoms. The summed E-state index contributed by atoms with van der Waals surface area (Å²) in [5.41, 5.74) is 1.87. The minimum absolute atomic E-state index is 0.0331. The predicted octanol–water partition coefficient (Wildman–Crippen LogP) is 4.18. The van der Waals surface area contributed by atoms with Gasteiger partial charge in [-0.15, -0.1) is 0 Å². The molecule has 2 aromatic rings. The van der Waals surface area contributed by atoms with E-state index >= 15 is 4.39 Å². The Kier molecular flexibility index (Phi) is 5.25. The number of rotatable bonds is 4. The van der Waals surface area contributed by atoms with Gasteiger partial charge in [0.05, 0.1) is 12.9 Å². The quantitative estimate of drug-likeness (QED) is 0.745. The molecular formula is C25H30FNO4S. The number of benzene rings is 2. The van der Waals surface area contributed by atoms with E-state index in [1.54, 1.807) is 10.4 Å². The van der Waals surface area contributed by atoms with Crippen LogP contribution in [0, 0.1) is 11.8 Å². The first kappa shape index (κ1) is 21.7. The lowest BCUT2D eigenvalue weighted by Gasteiger charge is -2.61. The third-order valence-corrected chi connectivity index (χ3v) is 10.1. The highest BCUT2D eigenvalue weighted by molar-refractivity contribution is 7.88. The van der Waals surface area contributed by atoms with E-state index in [-0.39, 0.29) is 29.4 Å². The monoisotopic (exact) mass is 459 g/mol. The molecule has 1 saturated carbocycles. The molecule has 32 heavy (non-hydrogen) atoms. The highest BCUT2D eigenvalue weighted by atomic mass is 32.2. The summed E-state index contributed by atoms with van der Waals surface area (Å²) in [5.74, 6) is 0.109. The number of phenolic OH excluding ortho intramolecular Hbond substituents is 1. The van der Waals surface area contributed by atoms with Crippen LogP contribution in [0.4, 0.5) is 4.39 Å². The van der Waals surface area contributed by atoms with Gasteiger partial charge in [-0.05, 0) is 54.7 Å². The second-order valence-electron chi connectivity index (χ2n) is 9.55. The maximum atomic E-state index is 15.1. The smallest absolute Gasteiger partial charge is 0.218 e. The SMILES string of the molecule is COc1ccc2c(c1O)C13CCN(S(=O)(=O)Cc4ccccc4)[C@@H](C2)C1CCC(F)[C@H]3C. The van der Waals surface area contributed by atoms with Crippen molar-refractivity contribution in [1.82, 2.24) is 4.31 Å². The number of methoxy groups -OCH3 is 1. The van der Waals surface area contributed by atoms with E-state index in [0.29, 0.717) is 38.0 Å². The van der Waals surface area contributed by atoms with Crippen LogP contribution in [0.5, 0.6) is 11.5 Å². The van der Waals surface area contributed by atoms with Crippen molar-refractivity contribution >= 4 is 10.0 Å². The highest BCUT2D eigenvalue weighted by Crippen LogP contribution is 2.61. The molecule has 172 valence electrons. The van der Waals surface area contributed by atoms with Crippen LogP contribution in [0.15, 0.2) is 42.5 Å². The number of piperidine rings is 1. The van der Waals surface area contributed by atoms with Gasteiger partial charge in [0.15, 0.2) is 11.5 Å². The van der Waals surface area contributed by atoms with Crippen LogP contribution in [-0.4, -0.2) is 43.7 Å². The molecule has 1 aliphatic heterocycles. The van der Waals surface area contributed by atoms with E-state index in [9.17, 15) is 13.5 Å². The van der Waals surface area contributed by atoms with E-state index in [0.717, 1.165) is 16.7 Å². The number of aromatic hydroxyl groups is 1. The number of alkyl halides is 1. The van der Waals surface area contributed by atoms with Crippen molar-refractivity contribution in [3.8, 4) is 11.5 Å². The van der Waals surface area contributed by atoms with E-state index in [1.807, 2.05) is 43.3 Å². The normalized spacial score (nSPS) is 32.1. The minimum atomic E-state index is -3.55. The van der Waals surface area contributed by atoms with Gasteiger partial charge in [-0.25, -0.2) is 12.8 Å². The molecule has 2 fully saturated rings. The molecule has 0 radical (unpaired) electrons. The van der Waals surface area contributed by atoms with Gasteiger partial charge in [0.1, 0.15) is 6.17 Å². The van der Waals surface area contributed by atoms with Crippen LogP contribution in [0.2, 0.25) is 0 Å². The lowest BCUT2D eigenvalue weighted by molar-refractivity contribution is -0.0410. The Morgan fingerprint density at radius 3 is 2.66 bits per heavy atom. The van der Waals surface area contributed by atoms with Crippen LogP contribution >= 0.6 is 0 Å². The molecule has 3 aliphatic rings. The van der Waals surface area contributed by atoms with Gasteiger partial charge in [0.25, 0.3) is 0 Å². The highest BCUT2D eigenvalue weighted by Gasteiger charge is 2.61. The van der Waals surface area contributed by atoms with Crippen LogP contribution < -0.4 is 4.74 Å². The number of hydrogen-bond acceptors (Lipinski definition) is 4. The zero-order chi connectivity index (χ0) is 22.7. The van der Waals surface area contributed by atoms with Crippen LogP contribution in [0.1, 0.15) is 42.9 Å². The summed E-state index contributed by atoms with van der Waals surface area (Å²) in [6.45, 7) is 2.26. The second kappa shape index (κ2) is 7.73. The lowest BCUT2D eigenvalue weighted by atomic mass is 9.48. The third kappa shape index (κ3) is 3.08. The van der Waals surface area contributed by atoms with Crippen LogP contribution in [-0.2, 0) is 27.6 Å². The Bertz CT molecular complexity index is 1120. The van der Waals surface area contributed by atoms with Gasteiger partial charge < -0.3 is 9.84 Å². The zero-order valence-corrected chi connectivity index (χ0v) is 19.3. The summed E-state index contributed by atoms with van der Waals surface area (Å²) < 4.78 is 49.2. The van der Waals surface area contributed by atoms with E-state index in [1.165, 1.54) is 7.11 Å². The topological polar surface area (TPSA) is 66.8 Å². The van der Waals surface area contributed by atoms with Crippen molar-refractivity contribution in [3.05, 3.63) is 59.2 Å². The Morgan fingerprint density at radius 1 is 1.19 bits per heavy atom. The average molecular weight is 460 g/mol. The van der Waals surface area contributed by atoms with Gasteiger partial charge in [-0.1, -0.05) is 43.3 Å². The van der Waals surface area contributed by atoms with E-state index in [2.05, 4.69) is 0 Å². The van der Waals surface area contributed by atoms with E-state index in [4.69, 9.17) is 4.74 Å². The summed E-state index contributed by atoms with van der Waals surface area (Å²) in [6.07, 6.45) is 1.09. The summed E-state index contributed by atoms with van der Waals surface area (Å²) in [7, 11) is -2.03. The number of nitrogens with zero attached hydrogens (tertiary/aromatic N) is 1. The summed E-state index contributed by atoms with van der Waals surface area (Å²) in [4.78, 5) is 0. The number of hydrogen-bond donors (Lipinski definition) is 1. The van der Waals surface area contributed by atoms with E-state index < -0.39 is 21.6 Å². The fourth-order valence-electron chi connectivity index (χ4n) is 6.81. The molecule has 2 aromatic carbocycles. The van der Waals surface area contributed by atoms with Gasteiger partial charge in [-0.2, -0.15) is 4.31 Å². The average Bonchev–Trinajstić information content (AvgIpc) is 2.76. The molecule has 1 N–H and O–H groups in total. The Labute approximate surface area is 189 Å². The molecule has 5 atom stereocenters. The number of ether oxygens (including phenoxy) is 1. The van der Waals surface area contributed by atoms with Crippen molar-refractivity contribution in [2.75, 3.05) is 13.7 Å².